The van der Waals surface area contributed by atoms with Crippen molar-refractivity contribution in [1.29, 1.82) is 0 Å². The lowest BCUT2D eigenvalue weighted by Crippen LogP contribution is -2.42. The zero-order valence-corrected chi connectivity index (χ0v) is 11.9. The van der Waals surface area contributed by atoms with Crippen molar-refractivity contribution >= 4 is 0 Å². The van der Waals surface area contributed by atoms with Crippen LogP contribution in [0.15, 0.2) is 12.4 Å². The van der Waals surface area contributed by atoms with Gasteiger partial charge in [-0.05, 0) is 38.3 Å². The summed E-state index contributed by atoms with van der Waals surface area (Å²) in [6.07, 6.45) is 6.62. The average Bonchev–Trinajstić information content (AvgIpc) is 2.81. The number of aryl methyl sites for hydroxylation is 1. The Bertz CT molecular complexity index is 373. The van der Waals surface area contributed by atoms with Gasteiger partial charge in [0.15, 0.2) is 0 Å². The molecule has 0 aliphatic carbocycles. The van der Waals surface area contributed by atoms with Crippen LogP contribution in [-0.4, -0.2) is 34.3 Å². The van der Waals surface area contributed by atoms with Crippen LogP contribution in [0.4, 0.5) is 0 Å². The minimum Gasteiger partial charge on any atom is -0.329 e. The minimum atomic E-state index is 0.335. The third kappa shape index (κ3) is 2.93. The maximum absolute atomic E-state index is 5.98. The topological polar surface area (TPSA) is 47.1 Å². The molecule has 0 amide bonds. The molecule has 4 heteroatoms. The van der Waals surface area contributed by atoms with Gasteiger partial charge in [-0.2, -0.15) is 5.10 Å². The van der Waals surface area contributed by atoms with E-state index in [1.54, 1.807) is 0 Å². The first-order valence-electron chi connectivity index (χ1n) is 7.02. The second-order valence-corrected chi connectivity index (χ2v) is 6.08. The van der Waals surface area contributed by atoms with Crippen LogP contribution in [0.25, 0.3) is 0 Å². The zero-order chi connectivity index (χ0) is 13.2. The maximum Gasteiger partial charge on any atom is 0.0538 e. The van der Waals surface area contributed by atoms with Gasteiger partial charge >= 0.3 is 0 Å². The van der Waals surface area contributed by atoms with Gasteiger partial charge in [0.1, 0.15) is 0 Å². The molecule has 1 unspecified atom stereocenters. The molecule has 1 aliphatic heterocycles. The quantitative estimate of drug-likeness (QED) is 0.889. The first-order chi connectivity index (χ1) is 8.55. The highest BCUT2D eigenvalue weighted by Crippen LogP contribution is 2.33. The van der Waals surface area contributed by atoms with E-state index in [1.165, 1.54) is 18.4 Å². The summed E-state index contributed by atoms with van der Waals surface area (Å²) in [5.74, 6) is 0. The molecule has 0 saturated carbocycles. The minimum absolute atomic E-state index is 0.335. The fourth-order valence-corrected chi connectivity index (χ4v) is 2.66. The zero-order valence-electron chi connectivity index (χ0n) is 11.9. The van der Waals surface area contributed by atoms with Crippen molar-refractivity contribution in [2.24, 2.45) is 11.1 Å². The molecule has 1 atom stereocenters. The van der Waals surface area contributed by atoms with Crippen molar-refractivity contribution in [2.75, 3.05) is 19.6 Å². The molecule has 102 valence electrons. The van der Waals surface area contributed by atoms with Gasteiger partial charge in [-0.1, -0.05) is 13.8 Å². The number of likely N-dealkylation sites (tertiary alicyclic amines) is 1. The second-order valence-electron chi connectivity index (χ2n) is 6.08. The van der Waals surface area contributed by atoms with Crippen LogP contribution in [-0.2, 0) is 6.54 Å². The molecule has 4 nitrogen and oxygen atoms in total. The Morgan fingerprint density at radius 3 is 2.56 bits per heavy atom. The first-order valence-corrected chi connectivity index (χ1v) is 7.02. The van der Waals surface area contributed by atoms with Gasteiger partial charge < -0.3 is 5.73 Å². The fourth-order valence-electron chi connectivity index (χ4n) is 2.66. The van der Waals surface area contributed by atoms with Crippen LogP contribution in [0.1, 0.15) is 45.2 Å². The van der Waals surface area contributed by atoms with Crippen molar-refractivity contribution in [1.82, 2.24) is 14.7 Å². The number of piperidine rings is 1. The van der Waals surface area contributed by atoms with Crippen LogP contribution in [0.3, 0.4) is 0 Å². The molecule has 1 fully saturated rings. The predicted molar refractivity (Wildman–Crippen MR) is 74.3 cm³/mol. The number of hydrogen-bond acceptors (Lipinski definition) is 3. The number of rotatable bonds is 4. The summed E-state index contributed by atoms with van der Waals surface area (Å²) >= 11 is 0. The molecule has 0 bridgehead atoms. The van der Waals surface area contributed by atoms with Crippen molar-refractivity contribution in [3.63, 3.8) is 0 Å². The number of nitrogens with two attached hydrogens (primary N) is 1. The van der Waals surface area contributed by atoms with Crippen LogP contribution in [0, 0.1) is 5.41 Å². The fraction of sp³-hybridized carbons (Fsp3) is 0.786. The largest absolute Gasteiger partial charge is 0.329 e. The Hall–Kier alpha value is -0.870. The molecule has 1 aliphatic rings. The highest BCUT2D eigenvalue weighted by Gasteiger charge is 2.29. The lowest BCUT2D eigenvalue weighted by Gasteiger charge is -2.40. The van der Waals surface area contributed by atoms with E-state index in [0.717, 1.165) is 19.6 Å². The Kier molecular flexibility index (Phi) is 4.07. The monoisotopic (exact) mass is 250 g/mol. The molecule has 18 heavy (non-hydrogen) atoms. The molecule has 1 aromatic rings. The smallest absolute Gasteiger partial charge is 0.0538 e. The summed E-state index contributed by atoms with van der Waals surface area (Å²) in [5, 5.41) is 4.36. The van der Waals surface area contributed by atoms with E-state index in [-0.39, 0.29) is 0 Å². The molecule has 0 spiro atoms. The standard InChI is InChI=1S/C14H26N4/c1-4-18-11-12(10-16-18)13(9-15)17-7-5-14(2,3)6-8-17/h10-11,13H,4-9,15H2,1-3H3. The molecule has 2 N–H and O–H groups in total. The van der Waals surface area contributed by atoms with E-state index in [9.17, 15) is 0 Å². The van der Waals surface area contributed by atoms with Gasteiger partial charge in [-0.25, -0.2) is 0 Å². The van der Waals surface area contributed by atoms with E-state index >= 15 is 0 Å². The van der Waals surface area contributed by atoms with E-state index < -0.39 is 0 Å². The molecule has 1 aromatic heterocycles. The van der Waals surface area contributed by atoms with Gasteiger partial charge in [0.25, 0.3) is 0 Å². The van der Waals surface area contributed by atoms with Gasteiger partial charge in [0, 0.05) is 24.8 Å². The number of hydrogen-bond donors (Lipinski definition) is 1. The summed E-state index contributed by atoms with van der Waals surface area (Å²) in [5.41, 5.74) is 7.73. The van der Waals surface area contributed by atoms with Crippen molar-refractivity contribution in [3.05, 3.63) is 18.0 Å². The molecular formula is C14H26N4. The van der Waals surface area contributed by atoms with E-state index in [4.69, 9.17) is 5.73 Å². The van der Waals surface area contributed by atoms with Gasteiger partial charge in [0.2, 0.25) is 0 Å². The van der Waals surface area contributed by atoms with Gasteiger partial charge in [-0.15, -0.1) is 0 Å². The van der Waals surface area contributed by atoms with E-state index in [0.29, 0.717) is 18.0 Å². The normalized spacial score (nSPS) is 22.0. The summed E-state index contributed by atoms with van der Waals surface area (Å²) in [6, 6.07) is 0.335. The van der Waals surface area contributed by atoms with E-state index in [1.807, 2.05) is 10.9 Å². The summed E-state index contributed by atoms with van der Waals surface area (Å²) in [6.45, 7) is 10.7. The Morgan fingerprint density at radius 2 is 2.06 bits per heavy atom. The Labute approximate surface area is 110 Å². The van der Waals surface area contributed by atoms with E-state index in [2.05, 4.69) is 37.0 Å². The summed E-state index contributed by atoms with van der Waals surface area (Å²) in [7, 11) is 0. The molecule has 1 saturated heterocycles. The van der Waals surface area contributed by atoms with Gasteiger partial charge in [0.05, 0.1) is 12.2 Å². The lowest BCUT2D eigenvalue weighted by molar-refractivity contribution is 0.0964. The highest BCUT2D eigenvalue weighted by molar-refractivity contribution is 5.11. The van der Waals surface area contributed by atoms with Crippen LogP contribution in [0.2, 0.25) is 0 Å². The second kappa shape index (κ2) is 5.41. The van der Waals surface area contributed by atoms with Gasteiger partial charge in [-0.3, -0.25) is 9.58 Å². The number of aromatic nitrogens is 2. The third-order valence-corrected chi connectivity index (χ3v) is 4.18. The van der Waals surface area contributed by atoms with Crippen LogP contribution < -0.4 is 5.73 Å². The predicted octanol–water partition coefficient (Wildman–Crippen LogP) is 2.02. The average molecular weight is 250 g/mol. The molecule has 0 aromatic carbocycles. The van der Waals surface area contributed by atoms with Crippen molar-refractivity contribution in [3.8, 4) is 0 Å². The van der Waals surface area contributed by atoms with Crippen molar-refractivity contribution < 1.29 is 0 Å². The first kappa shape index (κ1) is 13.6. The van der Waals surface area contributed by atoms with Crippen LogP contribution >= 0.6 is 0 Å². The maximum atomic E-state index is 5.98. The molecular weight excluding hydrogens is 224 g/mol. The molecule has 2 rings (SSSR count). The molecule has 2 heterocycles. The van der Waals surface area contributed by atoms with Crippen molar-refractivity contribution in [2.45, 2.75) is 46.2 Å². The van der Waals surface area contributed by atoms with Crippen LogP contribution in [0.5, 0.6) is 0 Å². The number of nitrogens with zero attached hydrogens (tertiary/aromatic N) is 3. The Balaban J connectivity index is 2.05. The third-order valence-electron chi connectivity index (χ3n) is 4.18. The summed E-state index contributed by atoms with van der Waals surface area (Å²) in [4.78, 5) is 2.52. The lowest BCUT2D eigenvalue weighted by atomic mass is 9.82. The highest BCUT2D eigenvalue weighted by atomic mass is 15.3. The summed E-state index contributed by atoms with van der Waals surface area (Å²) < 4.78 is 1.98. The Morgan fingerprint density at radius 1 is 1.39 bits per heavy atom. The molecule has 0 radical (unpaired) electrons. The SMILES string of the molecule is CCn1cc(C(CN)N2CCC(C)(C)CC2)cn1.